The fourth-order valence-corrected chi connectivity index (χ4v) is 1.30. The molecule has 0 atom stereocenters. The van der Waals surface area contributed by atoms with Crippen molar-refractivity contribution in [2.75, 3.05) is 13.6 Å². The van der Waals surface area contributed by atoms with Gasteiger partial charge in [-0.15, -0.1) is 0 Å². The number of hydrogen-bond donors (Lipinski definition) is 2. The highest BCUT2D eigenvalue weighted by Gasteiger charge is 1.98. The lowest BCUT2D eigenvalue weighted by atomic mass is 10.2. The molecule has 4 heteroatoms. The van der Waals surface area contributed by atoms with E-state index in [0.717, 1.165) is 24.5 Å². The molecule has 1 aromatic rings. The van der Waals surface area contributed by atoms with Gasteiger partial charge >= 0.3 is 0 Å². The maximum absolute atomic E-state index is 12.9. The molecule has 0 aliphatic heterocycles. The molecule has 0 saturated heterocycles. The molecule has 16 heavy (non-hydrogen) atoms. The summed E-state index contributed by atoms with van der Waals surface area (Å²) in [6, 6.07) is 6.53. The van der Waals surface area contributed by atoms with E-state index in [1.54, 1.807) is 13.1 Å². The monoisotopic (exact) mass is 223 g/mol. The number of aliphatic imine (C=N–C) groups is 1. The standard InChI is InChI=1S/C12H18FN3/c1-3-7-15-12(14-2)16-9-10-5-4-6-11(13)8-10/h4-6,8H,3,7,9H2,1-2H3,(H2,14,15,16). The summed E-state index contributed by atoms with van der Waals surface area (Å²) in [6.07, 6.45) is 1.04. The Labute approximate surface area is 95.8 Å². The van der Waals surface area contributed by atoms with Crippen molar-refractivity contribution in [2.45, 2.75) is 19.9 Å². The van der Waals surface area contributed by atoms with Gasteiger partial charge in [-0.25, -0.2) is 4.39 Å². The van der Waals surface area contributed by atoms with Crippen molar-refractivity contribution in [1.82, 2.24) is 10.6 Å². The topological polar surface area (TPSA) is 36.4 Å². The van der Waals surface area contributed by atoms with Crippen molar-refractivity contribution in [2.24, 2.45) is 4.99 Å². The summed E-state index contributed by atoms with van der Waals surface area (Å²) in [6.45, 7) is 3.54. The van der Waals surface area contributed by atoms with Crippen LogP contribution in [0.1, 0.15) is 18.9 Å². The van der Waals surface area contributed by atoms with E-state index in [-0.39, 0.29) is 5.82 Å². The second-order valence-corrected chi connectivity index (χ2v) is 3.48. The van der Waals surface area contributed by atoms with Gasteiger partial charge in [-0.3, -0.25) is 4.99 Å². The molecule has 3 nitrogen and oxygen atoms in total. The first-order valence-corrected chi connectivity index (χ1v) is 5.45. The number of benzene rings is 1. The van der Waals surface area contributed by atoms with E-state index < -0.39 is 0 Å². The molecule has 1 aromatic carbocycles. The van der Waals surface area contributed by atoms with Gasteiger partial charge in [-0.2, -0.15) is 0 Å². The number of rotatable bonds is 4. The van der Waals surface area contributed by atoms with Crippen LogP contribution in [0, 0.1) is 5.82 Å². The zero-order valence-corrected chi connectivity index (χ0v) is 9.76. The van der Waals surface area contributed by atoms with Gasteiger partial charge in [-0.1, -0.05) is 19.1 Å². The van der Waals surface area contributed by atoms with Crippen molar-refractivity contribution >= 4 is 5.96 Å². The first-order valence-electron chi connectivity index (χ1n) is 5.45. The lowest BCUT2D eigenvalue weighted by molar-refractivity contribution is 0.624. The van der Waals surface area contributed by atoms with Crippen LogP contribution in [0.2, 0.25) is 0 Å². The Balaban J connectivity index is 2.43. The maximum Gasteiger partial charge on any atom is 0.191 e. The van der Waals surface area contributed by atoms with Gasteiger partial charge in [0.05, 0.1) is 0 Å². The van der Waals surface area contributed by atoms with E-state index in [1.165, 1.54) is 12.1 Å². The molecule has 88 valence electrons. The molecule has 0 radical (unpaired) electrons. The van der Waals surface area contributed by atoms with Crippen LogP contribution in [0.5, 0.6) is 0 Å². The zero-order valence-electron chi connectivity index (χ0n) is 9.76. The van der Waals surface area contributed by atoms with E-state index >= 15 is 0 Å². The Hall–Kier alpha value is -1.58. The molecule has 0 unspecified atom stereocenters. The molecule has 0 aliphatic carbocycles. The predicted molar refractivity (Wildman–Crippen MR) is 64.9 cm³/mol. The molecule has 1 rings (SSSR count). The summed E-state index contributed by atoms with van der Waals surface area (Å²) < 4.78 is 12.9. The van der Waals surface area contributed by atoms with Gasteiger partial charge < -0.3 is 10.6 Å². The average Bonchev–Trinajstić information content (AvgIpc) is 2.29. The third kappa shape index (κ3) is 4.29. The highest BCUT2D eigenvalue weighted by Crippen LogP contribution is 2.02. The summed E-state index contributed by atoms with van der Waals surface area (Å²) in [5.41, 5.74) is 0.902. The molecule has 0 spiro atoms. The molecule has 2 N–H and O–H groups in total. The van der Waals surface area contributed by atoms with E-state index in [9.17, 15) is 4.39 Å². The summed E-state index contributed by atoms with van der Waals surface area (Å²) in [7, 11) is 1.72. The second-order valence-electron chi connectivity index (χ2n) is 3.48. The van der Waals surface area contributed by atoms with Crippen LogP contribution < -0.4 is 10.6 Å². The van der Waals surface area contributed by atoms with Crippen LogP contribution >= 0.6 is 0 Å². The molecule has 0 bridgehead atoms. The Morgan fingerprint density at radius 2 is 2.19 bits per heavy atom. The fraction of sp³-hybridized carbons (Fsp3) is 0.417. The Kier molecular flexibility index (Phi) is 5.32. The number of hydrogen-bond acceptors (Lipinski definition) is 1. The predicted octanol–water partition coefficient (Wildman–Crippen LogP) is 1.90. The van der Waals surface area contributed by atoms with Gasteiger partial charge in [0.25, 0.3) is 0 Å². The van der Waals surface area contributed by atoms with Gasteiger partial charge in [0, 0.05) is 20.1 Å². The molecule has 0 saturated carbocycles. The minimum absolute atomic E-state index is 0.212. The lowest BCUT2D eigenvalue weighted by Gasteiger charge is -2.10. The molecular formula is C12H18FN3. The summed E-state index contributed by atoms with van der Waals surface area (Å²) in [4.78, 5) is 4.06. The fourth-order valence-electron chi connectivity index (χ4n) is 1.30. The van der Waals surface area contributed by atoms with E-state index in [2.05, 4.69) is 22.5 Å². The van der Waals surface area contributed by atoms with E-state index in [4.69, 9.17) is 0 Å². The highest BCUT2D eigenvalue weighted by atomic mass is 19.1. The van der Waals surface area contributed by atoms with Crippen LogP contribution in [-0.4, -0.2) is 19.6 Å². The van der Waals surface area contributed by atoms with Crippen LogP contribution in [0.4, 0.5) is 4.39 Å². The largest absolute Gasteiger partial charge is 0.356 e. The number of nitrogens with one attached hydrogen (secondary N) is 2. The Bertz CT molecular complexity index is 350. The Morgan fingerprint density at radius 1 is 1.38 bits per heavy atom. The highest BCUT2D eigenvalue weighted by molar-refractivity contribution is 5.79. The molecule has 0 aromatic heterocycles. The molecule has 0 amide bonds. The van der Waals surface area contributed by atoms with Crippen molar-refractivity contribution in [3.8, 4) is 0 Å². The first kappa shape index (κ1) is 12.5. The van der Waals surface area contributed by atoms with Crippen molar-refractivity contribution in [3.63, 3.8) is 0 Å². The van der Waals surface area contributed by atoms with Gasteiger partial charge in [0.15, 0.2) is 5.96 Å². The van der Waals surface area contributed by atoms with Crippen LogP contribution in [-0.2, 0) is 6.54 Å². The van der Waals surface area contributed by atoms with Gasteiger partial charge in [0.1, 0.15) is 5.82 Å². The van der Waals surface area contributed by atoms with Crippen molar-refractivity contribution in [3.05, 3.63) is 35.6 Å². The molecule has 0 heterocycles. The quantitative estimate of drug-likeness (QED) is 0.604. The number of guanidine groups is 1. The summed E-state index contributed by atoms with van der Waals surface area (Å²) in [5.74, 6) is 0.530. The molecule has 0 fully saturated rings. The average molecular weight is 223 g/mol. The lowest BCUT2D eigenvalue weighted by Crippen LogP contribution is -2.37. The van der Waals surface area contributed by atoms with Crippen LogP contribution in [0.25, 0.3) is 0 Å². The van der Waals surface area contributed by atoms with Crippen LogP contribution in [0.15, 0.2) is 29.3 Å². The summed E-state index contributed by atoms with van der Waals surface area (Å²) in [5, 5.41) is 6.27. The number of nitrogens with zero attached hydrogens (tertiary/aromatic N) is 1. The first-order chi connectivity index (χ1) is 7.76. The van der Waals surface area contributed by atoms with Gasteiger partial charge in [-0.05, 0) is 24.1 Å². The Morgan fingerprint density at radius 3 is 2.81 bits per heavy atom. The second kappa shape index (κ2) is 6.82. The molecular weight excluding hydrogens is 205 g/mol. The maximum atomic E-state index is 12.9. The third-order valence-electron chi connectivity index (χ3n) is 2.12. The van der Waals surface area contributed by atoms with E-state index in [1.807, 2.05) is 6.07 Å². The molecule has 0 aliphatic rings. The number of halogens is 1. The third-order valence-corrected chi connectivity index (χ3v) is 2.12. The zero-order chi connectivity index (χ0) is 11.8. The minimum atomic E-state index is -0.212. The van der Waals surface area contributed by atoms with Crippen molar-refractivity contribution < 1.29 is 4.39 Å². The SMILES string of the molecule is CCCNC(=NC)NCc1cccc(F)c1. The van der Waals surface area contributed by atoms with E-state index in [0.29, 0.717) is 6.54 Å². The summed E-state index contributed by atoms with van der Waals surface area (Å²) >= 11 is 0. The van der Waals surface area contributed by atoms with Crippen LogP contribution in [0.3, 0.4) is 0 Å². The minimum Gasteiger partial charge on any atom is -0.356 e. The van der Waals surface area contributed by atoms with Crippen molar-refractivity contribution in [1.29, 1.82) is 0 Å². The normalized spacial score (nSPS) is 11.3. The van der Waals surface area contributed by atoms with Gasteiger partial charge in [0.2, 0.25) is 0 Å². The smallest absolute Gasteiger partial charge is 0.191 e.